The summed E-state index contributed by atoms with van der Waals surface area (Å²) in [6.45, 7) is 3.70. The van der Waals surface area contributed by atoms with Gasteiger partial charge in [-0.3, -0.25) is 0 Å². The van der Waals surface area contributed by atoms with Crippen LogP contribution in [-0.2, 0) is 0 Å². The van der Waals surface area contributed by atoms with Crippen LogP contribution in [0, 0.1) is 13.8 Å². The largest absolute Gasteiger partial charge is 0.505 e. The molecule has 0 aliphatic carbocycles. The summed E-state index contributed by atoms with van der Waals surface area (Å²) in [4.78, 5) is 15.1. The van der Waals surface area contributed by atoms with E-state index in [-0.39, 0.29) is 11.4 Å². The molecule has 0 saturated heterocycles. The number of fused-ring (bicyclic) bond motifs is 1. The molecule has 0 bridgehead atoms. The molecule has 116 valence electrons. The molecule has 0 fully saturated rings. The lowest BCUT2D eigenvalue weighted by molar-refractivity contribution is 0.0687. The zero-order valence-electron chi connectivity index (χ0n) is 12.7. The quantitative estimate of drug-likeness (QED) is 0.763. The Kier molecular flexibility index (Phi) is 3.62. The van der Waals surface area contributed by atoms with Gasteiger partial charge in [-0.1, -0.05) is 17.7 Å². The number of hydrogen-bond acceptors (Lipinski definition) is 4. The predicted octanol–water partition coefficient (Wildman–Crippen LogP) is 4.05. The standard InChI is InChI=1S/C18H15NO4/c1-10-3-5-12(6-4-10)23-13-7-8-14-15(9-13)11(2)19-16(17(14)20)18(21)22/h3-9,20H,1-2H3,(H,21,22). The number of ether oxygens (including phenoxy) is 1. The van der Waals surface area contributed by atoms with E-state index in [9.17, 15) is 9.90 Å². The fourth-order valence-corrected chi connectivity index (χ4v) is 2.39. The third kappa shape index (κ3) is 2.81. The van der Waals surface area contributed by atoms with Crippen molar-refractivity contribution in [3.63, 3.8) is 0 Å². The first-order chi connectivity index (χ1) is 11.0. The van der Waals surface area contributed by atoms with Gasteiger partial charge in [-0.15, -0.1) is 0 Å². The SMILES string of the molecule is Cc1ccc(Oc2ccc3c(O)c(C(=O)O)nc(C)c3c2)cc1. The third-order valence-electron chi connectivity index (χ3n) is 3.60. The first-order valence-electron chi connectivity index (χ1n) is 7.07. The van der Waals surface area contributed by atoms with Crippen molar-refractivity contribution in [2.45, 2.75) is 13.8 Å². The summed E-state index contributed by atoms with van der Waals surface area (Å²) in [5.41, 5.74) is 1.31. The maximum absolute atomic E-state index is 11.1. The molecule has 2 N–H and O–H groups in total. The molecule has 0 amide bonds. The zero-order valence-corrected chi connectivity index (χ0v) is 12.7. The topological polar surface area (TPSA) is 79.7 Å². The first-order valence-corrected chi connectivity index (χ1v) is 7.07. The first kappa shape index (κ1) is 14.8. The average molecular weight is 309 g/mol. The van der Waals surface area contributed by atoms with Crippen LogP contribution < -0.4 is 4.74 Å². The zero-order chi connectivity index (χ0) is 16.6. The number of nitrogens with zero attached hydrogens (tertiary/aromatic N) is 1. The lowest BCUT2D eigenvalue weighted by Gasteiger charge is -2.10. The van der Waals surface area contributed by atoms with E-state index in [1.54, 1.807) is 25.1 Å². The maximum Gasteiger partial charge on any atom is 0.358 e. The van der Waals surface area contributed by atoms with Crippen LogP contribution in [0.5, 0.6) is 17.2 Å². The molecule has 0 radical (unpaired) electrons. The van der Waals surface area contributed by atoms with Gasteiger partial charge in [-0.2, -0.15) is 0 Å². The van der Waals surface area contributed by atoms with Crippen molar-refractivity contribution in [2.24, 2.45) is 0 Å². The van der Waals surface area contributed by atoms with Crippen LogP contribution in [0.15, 0.2) is 42.5 Å². The van der Waals surface area contributed by atoms with E-state index in [2.05, 4.69) is 4.98 Å². The molecule has 2 aromatic carbocycles. The summed E-state index contributed by atoms with van der Waals surface area (Å²) in [5.74, 6) is -0.298. The summed E-state index contributed by atoms with van der Waals surface area (Å²) < 4.78 is 5.79. The van der Waals surface area contributed by atoms with E-state index in [1.807, 2.05) is 31.2 Å². The molecule has 0 atom stereocenters. The van der Waals surface area contributed by atoms with Gasteiger partial charge in [0.1, 0.15) is 11.5 Å². The summed E-state index contributed by atoms with van der Waals surface area (Å²) in [5, 5.41) is 20.2. The number of rotatable bonds is 3. The number of carboxylic acids is 1. The second kappa shape index (κ2) is 5.61. The highest BCUT2D eigenvalue weighted by Crippen LogP contribution is 2.33. The lowest BCUT2D eigenvalue weighted by Crippen LogP contribution is -2.03. The van der Waals surface area contributed by atoms with Crippen LogP contribution in [0.2, 0.25) is 0 Å². The number of aromatic hydroxyl groups is 1. The Balaban J connectivity index is 2.05. The molecule has 0 aliphatic rings. The Bertz CT molecular complexity index is 901. The Hall–Kier alpha value is -3.08. The van der Waals surface area contributed by atoms with E-state index in [0.717, 1.165) is 5.56 Å². The molecule has 0 saturated carbocycles. The molecule has 0 spiro atoms. The minimum absolute atomic E-state index is 0.333. The summed E-state index contributed by atoms with van der Waals surface area (Å²) in [6, 6.07) is 12.7. The van der Waals surface area contributed by atoms with Crippen molar-refractivity contribution in [3.05, 3.63) is 59.4 Å². The number of aromatic carboxylic acids is 1. The van der Waals surface area contributed by atoms with E-state index in [1.165, 1.54) is 0 Å². The van der Waals surface area contributed by atoms with Gasteiger partial charge in [0.05, 0.1) is 0 Å². The molecule has 3 aromatic rings. The minimum atomic E-state index is -1.26. The third-order valence-corrected chi connectivity index (χ3v) is 3.60. The maximum atomic E-state index is 11.1. The second-order valence-corrected chi connectivity index (χ2v) is 5.32. The van der Waals surface area contributed by atoms with Crippen LogP contribution in [0.3, 0.4) is 0 Å². The van der Waals surface area contributed by atoms with Crippen LogP contribution in [0.25, 0.3) is 10.8 Å². The Labute approximate surface area is 132 Å². The minimum Gasteiger partial charge on any atom is -0.505 e. The van der Waals surface area contributed by atoms with Crippen LogP contribution >= 0.6 is 0 Å². The molecule has 23 heavy (non-hydrogen) atoms. The lowest BCUT2D eigenvalue weighted by atomic mass is 10.1. The van der Waals surface area contributed by atoms with Gasteiger partial charge in [0.25, 0.3) is 0 Å². The summed E-state index contributed by atoms with van der Waals surface area (Å²) in [7, 11) is 0. The van der Waals surface area contributed by atoms with Gasteiger partial charge in [-0.05, 0) is 44.2 Å². The van der Waals surface area contributed by atoms with Gasteiger partial charge >= 0.3 is 5.97 Å². The molecule has 0 unspecified atom stereocenters. The molecule has 1 aromatic heterocycles. The Morgan fingerprint density at radius 2 is 1.65 bits per heavy atom. The molecule has 3 rings (SSSR count). The Morgan fingerprint density at radius 3 is 2.30 bits per heavy atom. The van der Waals surface area contributed by atoms with Crippen molar-refractivity contribution < 1.29 is 19.7 Å². The van der Waals surface area contributed by atoms with Crippen molar-refractivity contribution in [3.8, 4) is 17.2 Å². The van der Waals surface area contributed by atoms with Crippen molar-refractivity contribution >= 4 is 16.7 Å². The molecule has 5 heteroatoms. The van der Waals surface area contributed by atoms with E-state index in [4.69, 9.17) is 9.84 Å². The number of pyridine rings is 1. The highest BCUT2D eigenvalue weighted by molar-refractivity contribution is 5.99. The molecule has 5 nitrogen and oxygen atoms in total. The van der Waals surface area contributed by atoms with E-state index < -0.39 is 5.97 Å². The normalized spacial score (nSPS) is 10.7. The highest BCUT2D eigenvalue weighted by atomic mass is 16.5. The van der Waals surface area contributed by atoms with Crippen LogP contribution in [0.1, 0.15) is 21.7 Å². The number of carbonyl (C=O) groups is 1. The fourth-order valence-electron chi connectivity index (χ4n) is 2.39. The predicted molar refractivity (Wildman–Crippen MR) is 86.4 cm³/mol. The summed E-state index contributed by atoms with van der Waals surface area (Å²) in [6.07, 6.45) is 0. The van der Waals surface area contributed by atoms with E-state index >= 15 is 0 Å². The van der Waals surface area contributed by atoms with Gasteiger partial charge in [0.15, 0.2) is 11.4 Å². The number of aromatic nitrogens is 1. The van der Waals surface area contributed by atoms with Crippen molar-refractivity contribution in [1.82, 2.24) is 4.98 Å². The molecular formula is C18H15NO4. The monoisotopic (exact) mass is 309 g/mol. The molecule has 0 aliphatic heterocycles. The smallest absolute Gasteiger partial charge is 0.358 e. The average Bonchev–Trinajstić information content (AvgIpc) is 2.53. The number of benzene rings is 2. The van der Waals surface area contributed by atoms with Crippen LogP contribution in [-0.4, -0.2) is 21.2 Å². The summed E-state index contributed by atoms with van der Waals surface area (Å²) >= 11 is 0. The number of carboxylic acid groups (broad SMARTS) is 1. The molecular weight excluding hydrogens is 294 g/mol. The van der Waals surface area contributed by atoms with Gasteiger partial charge in [-0.25, -0.2) is 9.78 Å². The Morgan fingerprint density at radius 1 is 1.00 bits per heavy atom. The van der Waals surface area contributed by atoms with Crippen molar-refractivity contribution in [2.75, 3.05) is 0 Å². The van der Waals surface area contributed by atoms with Gasteiger partial charge < -0.3 is 14.9 Å². The van der Waals surface area contributed by atoms with E-state index in [0.29, 0.717) is 28.0 Å². The van der Waals surface area contributed by atoms with Crippen molar-refractivity contribution in [1.29, 1.82) is 0 Å². The molecule has 1 heterocycles. The van der Waals surface area contributed by atoms with Crippen LogP contribution in [0.4, 0.5) is 0 Å². The number of aryl methyl sites for hydroxylation is 2. The van der Waals surface area contributed by atoms with Gasteiger partial charge in [0, 0.05) is 16.5 Å². The second-order valence-electron chi connectivity index (χ2n) is 5.32. The fraction of sp³-hybridized carbons (Fsp3) is 0.111. The van der Waals surface area contributed by atoms with Gasteiger partial charge in [0.2, 0.25) is 0 Å². The number of hydrogen-bond donors (Lipinski definition) is 2. The highest BCUT2D eigenvalue weighted by Gasteiger charge is 2.17.